The van der Waals surface area contributed by atoms with Crippen LogP contribution in [0, 0.1) is 5.92 Å². The van der Waals surface area contributed by atoms with Crippen LogP contribution >= 0.6 is 0 Å². The zero-order chi connectivity index (χ0) is 18.3. The highest BCUT2D eigenvalue weighted by molar-refractivity contribution is 5.79. The first-order valence-corrected chi connectivity index (χ1v) is 10.8. The SMILES string of the molecule is CCNC(=NCCCOCC1CCOCC1)NCCN1CCCCCC1. The van der Waals surface area contributed by atoms with Gasteiger partial charge in [0.15, 0.2) is 5.96 Å². The molecule has 0 radical (unpaired) electrons. The van der Waals surface area contributed by atoms with Crippen molar-refractivity contribution < 1.29 is 9.47 Å². The van der Waals surface area contributed by atoms with E-state index < -0.39 is 0 Å². The molecule has 0 aliphatic carbocycles. The summed E-state index contributed by atoms with van der Waals surface area (Å²) in [5, 5.41) is 6.81. The fraction of sp³-hybridized carbons (Fsp3) is 0.950. The van der Waals surface area contributed by atoms with Crippen LogP contribution in [0.1, 0.15) is 51.9 Å². The van der Waals surface area contributed by atoms with Crippen LogP contribution in [-0.4, -0.2) is 76.6 Å². The first kappa shape index (κ1) is 21.5. The summed E-state index contributed by atoms with van der Waals surface area (Å²) in [5.74, 6) is 1.62. The number of hydrogen-bond acceptors (Lipinski definition) is 4. The number of rotatable bonds is 10. The molecular weight excluding hydrogens is 328 g/mol. The third kappa shape index (κ3) is 9.74. The molecule has 0 aromatic heterocycles. The Hall–Kier alpha value is -0.850. The van der Waals surface area contributed by atoms with Crippen molar-refractivity contribution in [3.8, 4) is 0 Å². The largest absolute Gasteiger partial charge is 0.381 e. The Balaban J connectivity index is 1.53. The molecule has 2 fully saturated rings. The minimum absolute atomic E-state index is 0.685. The van der Waals surface area contributed by atoms with Gasteiger partial charge in [0, 0.05) is 52.6 Å². The Morgan fingerprint density at radius 2 is 1.88 bits per heavy atom. The van der Waals surface area contributed by atoms with Crippen LogP contribution in [0.15, 0.2) is 4.99 Å². The highest BCUT2D eigenvalue weighted by Crippen LogP contribution is 2.14. The second-order valence-electron chi connectivity index (χ2n) is 7.43. The molecular formula is C20H40N4O2. The van der Waals surface area contributed by atoms with Gasteiger partial charge in [0.1, 0.15) is 0 Å². The lowest BCUT2D eigenvalue weighted by Crippen LogP contribution is -2.42. The quantitative estimate of drug-likeness (QED) is 0.352. The summed E-state index contributed by atoms with van der Waals surface area (Å²) in [6.45, 7) is 11.9. The van der Waals surface area contributed by atoms with Crippen molar-refractivity contribution >= 4 is 5.96 Å². The van der Waals surface area contributed by atoms with E-state index in [1.807, 2.05) is 0 Å². The van der Waals surface area contributed by atoms with E-state index in [9.17, 15) is 0 Å². The molecule has 0 atom stereocenters. The maximum atomic E-state index is 5.81. The first-order chi connectivity index (χ1) is 12.9. The molecule has 6 heteroatoms. The van der Waals surface area contributed by atoms with E-state index in [4.69, 9.17) is 9.47 Å². The monoisotopic (exact) mass is 368 g/mol. The van der Waals surface area contributed by atoms with Crippen molar-refractivity contribution in [3.05, 3.63) is 0 Å². The summed E-state index contributed by atoms with van der Waals surface area (Å²) >= 11 is 0. The van der Waals surface area contributed by atoms with Gasteiger partial charge in [-0.2, -0.15) is 0 Å². The fourth-order valence-electron chi connectivity index (χ4n) is 3.55. The Morgan fingerprint density at radius 3 is 2.62 bits per heavy atom. The van der Waals surface area contributed by atoms with Crippen LogP contribution in [0.2, 0.25) is 0 Å². The highest BCUT2D eigenvalue weighted by atomic mass is 16.5. The standard InChI is InChI=1S/C20H40N4O2/c1-2-21-20(23-11-14-24-12-5-3-4-6-13-24)22-10-7-15-26-18-19-8-16-25-17-9-19/h19H,2-18H2,1H3,(H2,21,22,23). The average molecular weight is 369 g/mol. The van der Waals surface area contributed by atoms with Crippen LogP contribution < -0.4 is 10.6 Å². The maximum absolute atomic E-state index is 5.81. The molecule has 0 aromatic rings. The van der Waals surface area contributed by atoms with E-state index in [0.717, 1.165) is 77.8 Å². The van der Waals surface area contributed by atoms with Crippen molar-refractivity contribution in [2.75, 3.05) is 65.7 Å². The van der Waals surface area contributed by atoms with E-state index in [1.54, 1.807) is 0 Å². The molecule has 2 saturated heterocycles. The molecule has 26 heavy (non-hydrogen) atoms. The summed E-state index contributed by atoms with van der Waals surface area (Å²) in [7, 11) is 0. The molecule has 0 saturated carbocycles. The van der Waals surface area contributed by atoms with Crippen molar-refractivity contribution in [1.82, 2.24) is 15.5 Å². The minimum atomic E-state index is 0.685. The van der Waals surface area contributed by atoms with Gasteiger partial charge in [-0.3, -0.25) is 4.99 Å². The number of hydrogen-bond donors (Lipinski definition) is 2. The van der Waals surface area contributed by atoms with Gasteiger partial charge >= 0.3 is 0 Å². The van der Waals surface area contributed by atoms with Crippen molar-refractivity contribution in [2.24, 2.45) is 10.9 Å². The Kier molecular flexibility index (Phi) is 11.7. The summed E-state index contributed by atoms with van der Waals surface area (Å²) in [6, 6.07) is 0. The first-order valence-electron chi connectivity index (χ1n) is 10.8. The number of nitrogens with zero attached hydrogens (tertiary/aromatic N) is 2. The van der Waals surface area contributed by atoms with Gasteiger partial charge < -0.3 is 25.0 Å². The lowest BCUT2D eigenvalue weighted by molar-refractivity contribution is 0.0205. The number of ether oxygens (including phenoxy) is 2. The van der Waals surface area contributed by atoms with Gasteiger partial charge in [0.2, 0.25) is 0 Å². The Labute approximate surface area is 160 Å². The van der Waals surface area contributed by atoms with Gasteiger partial charge in [0.05, 0.1) is 0 Å². The predicted octanol–water partition coefficient (Wildman–Crippen LogP) is 2.25. The minimum Gasteiger partial charge on any atom is -0.381 e. The van der Waals surface area contributed by atoms with E-state index in [2.05, 4.69) is 27.4 Å². The molecule has 2 aliphatic rings. The van der Waals surface area contributed by atoms with Crippen molar-refractivity contribution in [1.29, 1.82) is 0 Å². The molecule has 0 unspecified atom stereocenters. The zero-order valence-electron chi connectivity index (χ0n) is 16.8. The van der Waals surface area contributed by atoms with Crippen LogP contribution in [0.3, 0.4) is 0 Å². The lowest BCUT2D eigenvalue weighted by atomic mass is 10.0. The second kappa shape index (κ2) is 14.2. The second-order valence-corrected chi connectivity index (χ2v) is 7.43. The molecule has 2 N–H and O–H groups in total. The van der Waals surface area contributed by atoms with Crippen LogP contribution in [0.4, 0.5) is 0 Å². The van der Waals surface area contributed by atoms with Gasteiger partial charge in [-0.25, -0.2) is 0 Å². The Bertz CT molecular complexity index is 365. The molecule has 6 nitrogen and oxygen atoms in total. The van der Waals surface area contributed by atoms with E-state index in [1.165, 1.54) is 38.8 Å². The van der Waals surface area contributed by atoms with Gasteiger partial charge in [-0.1, -0.05) is 12.8 Å². The van der Waals surface area contributed by atoms with E-state index in [-0.39, 0.29) is 0 Å². The summed E-state index contributed by atoms with van der Waals surface area (Å²) in [4.78, 5) is 7.25. The number of nitrogens with one attached hydrogen (secondary N) is 2. The highest BCUT2D eigenvalue weighted by Gasteiger charge is 2.13. The fourth-order valence-corrected chi connectivity index (χ4v) is 3.55. The molecule has 0 bridgehead atoms. The molecule has 2 aliphatic heterocycles. The maximum Gasteiger partial charge on any atom is 0.191 e. The Morgan fingerprint density at radius 1 is 1.12 bits per heavy atom. The third-order valence-electron chi connectivity index (χ3n) is 5.17. The molecule has 2 heterocycles. The average Bonchev–Trinajstić information content (AvgIpc) is 2.94. The lowest BCUT2D eigenvalue weighted by Gasteiger charge is -2.21. The van der Waals surface area contributed by atoms with E-state index in [0.29, 0.717) is 5.92 Å². The summed E-state index contributed by atoms with van der Waals surface area (Å²) in [5.41, 5.74) is 0. The molecule has 0 spiro atoms. The number of aliphatic imine (C=N–C) groups is 1. The normalized spacial score (nSPS) is 20.7. The smallest absolute Gasteiger partial charge is 0.191 e. The molecule has 2 rings (SSSR count). The summed E-state index contributed by atoms with van der Waals surface area (Å²) in [6.07, 6.45) is 8.75. The van der Waals surface area contributed by atoms with Crippen molar-refractivity contribution in [3.63, 3.8) is 0 Å². The number of likely N-dealkylation sites (tertiary alicyclic amines) is 1. The van der Waals surface area contributed by atoms with Crippen molar-refractivity contribution in [2.45, 2.75) is 51.9 Å². The zero-order valence-corrected chi connectivity index (χ0v) is 16.8. The van der Waals surface area contributed by atoms with Gasteiger partial charge in [0.25, 0.3) is 0 Å². The predicted molar refractivity (Wildman–Crippen MR) is 108 cm³/mol. The van der Waals surface area contributed by atoms with Gasteiger partial charge in [-0.05, 0) is 58.0 Å². The van der Waals surface area contributed by atoms with Crippen LogP contribution in [0.5, 0.6) is 0 Å². The van der Waals surface area contributed by atoms with Crippen LogP contribution in [0.25, 0.3) is 0 Å². The van der Waals surface area contributed by atoms with Crippen LogP contribution in [-0.2, 0) is 9.47 Å². The van der Waals surface area contributed by atoms with Gasteiger partial charge in [-0.15, -0.1) is 0 Å². The third-order valence-corrected chi connectivity index (χ3v) is 5.17. The molecule has 152 valence electrons. The molecule has 0 amide bonds. The summed E-state index contributed by atoms with van der Waals surface area (Å²) < 4.78 is 11.2. The topological polar surface area (TPSA) is 58.1 Å². The number of guanidine groups is 1. The molecule has 0 aromatic carbocycles. The van der Waals surface area contributed by atoms with E-state index >= 15 is 0 Å².